The van der Waals surface area contributed by atoms with Crippen LogP contribution in [0.1, 0.15) is 37.3 Å². The number of halogens is 1. The number of nitrogens with zero attached hydrogens (tertiary/aromatic N) is 1. The van der Waals surface area contributed by atoms with Crippen LogP contribution in [0.5, 0.6) is 0 Å². The monoisotopic (exact) mass is 480 g/mol. The minimum absolute atomic E-state index is 0.00908. The van der Waals surface area contributed by atoms with Gasteiger partial charge in [-0.1, -0.05) is 50.3 Å². The first-order chi connectivity index (χ1) is 16.2. The van der Waals surface area contributed by atoms with Gasteiger partial charge in [0.15, 0.2) is 6.16 Å². The van der Waals surface area contributed by atoms with Crippen molar-refractivity contribution < 1.29 is 23.4 Å². The fourth-order valence-electron chi connectivity index (χ4n) is 4.05. The van der Waals surface area contributed by atoms with E-state index in [9.17, 15) is 18.9 Å². The van der Waals surface area contributed by atoms with Crippen LogP contribution in [-0.4, -0.2) is 29.3 Å². The number of carboxylic acid groups (broad SMARTS) is 1. The largest absolute Gasteiger partial charge is 0.507 e. The number of hydrogen-bond donors (Lipinski definition) is 1. The zero-order chi connectivity index (χ0) is 24.9. The standard InChI is InChI=1S/C27H27FNO4P/c1-5-27(26(30)31,15-16-34(32)33-4)24-22(18(2)3)17-23(19-9-7-6-8-10-19)29-25(24)20-11-13-21(28)14-12-20/h5-14,17-18H,1,15-16H2,2-4H3/p+1. The van der Waals surface area contributed by atoms with E-state index in [1.165, 1.54) is 25.3 Å². The maximum Gasteiger partial charge on any atom is 0.507 e. The van der Waals surface area contributed by atoms with Crippen molar-refractivity contribution in [2.75, 3.05) is 13.3 Å². The molecule has 1 heterocycles. The molecule has 0 radical (unpaired) electrons. The number of carboxylic acids is 1. The average molecular weight is 480 g/mol. The van der Waals surface area contributed by atoms with Crippen molar-refractivity contribution in [1.29, 1.82) is 0 Å². The van der Waals surface area contributed by atoms with Gasteiger partial charge in [-0.05, 0) is 46.4 Å². The smallest absolute Gasteiger partial charge is 0.480 e. The summed E-state index contributed by atoms with van der Waals surface area (Å²) in [6.07, 6.45) is 1.42. The molecule has 0 saturated carbocycles. The lowest BCUT2D eigenvalue weighted by Gasteiger charge is -2.31. The number of benzene rings is 2. The Kier molecular flexibility index (Phi) is 8.08. The van der Waals surface area contributed by atoms with Crippen LogP contribution >= 0.6 is 8.03 Å². The Morgan fingerprint density at radius 2 is 1.82 bits per heavy atom. The number of pyridine rings is 1. The molecule has 1 aromatic heterocycles. The third-order valence-electron chi connectivity index (χ3n) is 5.93. The predicted molar refractivity (Wildman–Crippen MR) is 133 cm³/mol. The van der Waals surface area contributed by atoms with Crippen molar-refractivity contribution in [3.8, 4) is 22.5 Å². The molecule has 3 rings (SSSR count). The SMILES string of the molecule is C=CC(CC[P+](=O)OC)(C(=O)O)c1c(C(C)C)cc(-c2ccccc2)nc1-c1ccc(F)cc1. The first-order valence-electron chi connectivity index (χ1n) is 11.0. The molecule has 0 fully saturated rings. The topological polar surface area (TPSA) is 76.5 Å². The van der Waals surface area contributed by atoms with Crippen LogP contribution in [0.2, 0.25) is 0 Å². The third kappa shape index (κ3) is 5.14. The molecule has 2 atom stereocenters. The van der Waals surface area contributed by atoms with Crippen molar-refractivity contribution in [1.82, 2.24) is 4.98 Å². The Hall–Kier alpha value is -3.21. The fraction of sp³-hybridized carbons (Fsp3) is 0.259. The first kappa shape index (κ1) is 25.4. The van der Waals surface area contributed by atoms with E-state index in [0.29, 0.717) is 22.5 Å². The minimum atomic E-state index is -2.03. The Bertz CT molecular complexity index is 1200. The zero-order valence-corrected chi connectivity index (χ0v) is 20.4. The number of aliphatic carboxylic acids is 1. The van der Waals surface area contributed by atoms with Crippen LogP contribution < -0.4 is 0 Å². The second kappa shape index (κ2) is 10.8. The lowest BCUT2D eigenvalue weighted by atomic mass is 9.72. The maximum absolute atomic E-state index is 13.8. The highest BCUT2D eigenvalue weighted by Gasteiger charge is 2.44. The molecule has 3 aromatic rings. The van der Waals surface area contributed by atoms with E-state index in [-0.39, 0.29) is 18.5 Å². The molecule has 0 aliphatic rings. The van der Waals surface area contributed by atoms with Crippen LogP contribution in [0.3, 0.4) is 0 Å². The second-order valence-corrected chi connectivity index (χ2v) is 9.80. The van der Waals surface area contributed by atoms with Gasteiger partial charge in [-0.25, -0.2) is 9.37 Å². The summed E-state index contributed by atoms with van der Waals surface area (Å²) >= 11 is 0. The van der Waals surface area contributed by atoms with E-state index in [1.807, 2.05) is 50.2 Å². The number of hydrogen-bond acceptors (Lipinski definition) is 4. The molecule has 2 aromatic carbocycles. The molecule has 176 valence electrons. The predicted octanol–water partition coefficient (Wildman–Crippen LogP) is 6.97. The van der Waals surface area contributed by atoms with Gasteiger partial charge in [-0.3, -0.25) is 4.79 Å². The van der Waals surface area contributed by atoms with E-state index in [2.05, 4.69) is 6.58 Å². The van der Waals surface area contributed by atoms with Gasteiger partial charge in [0, 0.05) is 23.1 Å². The molecule has 0 saturated heterocycles. The van der Waals surface area contributed by atoms with Crippen LogP contribution in [0.4, 0.5) is 4.39 Å². The Morgan fingerprint density at radius 3 is 2.35 bits per heavy atom. The first-order valence-corrected chi connectivity index (χ1v) is 12.3. The molecule has 0 spiro atoms. The van der Waals surface area contributed by atoms with Crippen molar-refractivity contribution in [3.63, 3.8) is 0 Å². The molecule has 0 aliphatic carbocycles. The molecular formula is C27H28FNO4P+. The molecule has 2 unspecified atom stereocenters. The minimum Gasteiger partial charge on any atom is -0.480 e. The molecule has 5 nitrogen and oxygen atoms in total. The summed E-state index contributed by atoms with van der Waals surface area (Å²) in [6, 6.07) is 17.3. The van der Waals surface area contributed by atoms with E-state index < -0.39 is 25.2 Å². The highest BCUT2D eigenvalue weighted by atomic mass is 31.1. The molecular weight excluding hydrogens is 452 g/mol. The van der Waals surface area contributed by atoms with Crippen LogP contribution in [-0.2, 0) is 19.3 Å². The molecule has 34 heavy (non-hydrogen) atoms. The lowest BCUT2D eigenvalue weighted by molar-refractivity contribution is -0.142. The molecule has 0 bridgehead atoms. The van der Waals surface area contributed by atoms with Crippen LogP contribution in [0, 0.1) is 5.82 Å². The van der Waals surface area contributed by atoms with Crippen LogP contribution in [0.25, 0.3) is 22.5 Å². The Balaban J connectivity index is 2.41. The summed E-state index contributed by atoms with van der Waals surface area (Å²) in [4.78, 5) is 17.7. The fourth-order valence-corrected chi connectivity index (χ4v) is 4.77. The van der Waals surface area contributed by atoms with E-state index in [0.717, 1.165) is 11.1 Å². The molecule has 0 aliphatic heterocycles. The van der Waals surface area contributed by atoms with Gasteiger partial charge < -0.3 is 5.11 Å². The van der Waals surface area contributed by atoms with Gasteiger partial charge in [0.25, 0.3) is 0 Å². The molecule has 1 N–H and O–H groups in total. The van der Waals surface area contributed by atoms with Gasteiger partial charge in [0.05, 0.1) is 18.5 Å². The van der Waals surface area contributed by atoms with Crippen molar-refractivity contribution in [3.05, 3.63) is 90.3 Å². The van der Waals surface area contributed by atoms with Crippen LogP contribution in [0.15, 0.2) is 73.3 Å². The Morgan fingerprint density at radius 1 is 1.18 bits per heavy atom. The van der Waals surface area contributed by atoms with Gasteiger partial charge in [-0.2, -0.15) is 0 Å². The molecule has 7 heteroatoms. The second-order valence-electron chi connectivity index (χ2n) is 8.32. The maximum atomic E-state index is 13.8. The summed E-state index contributed by atoms with van der Waals surface area (Å²) < 4.78 is 30.8. The third-order valence-corrected chi connectivity index (χ3v) is 6.92. The zero-order valence-electron chi connectivity index (χ0n) is 19.5. The van der Waals surface area contributed by atoms with Gasteiger partial charge in [-0.15, -0.1) is 11.1 Å². The van der Waals surface area contributed by atoms with Gasteiger partial charge in [0.2, 0.25) is 0 Å². The number of carbonyl (C=O) groups is 1. The summed E-state index contributed by atoms with van der Waals surface area (Å²) in [5.41, 5.74) is 2.24. The van der Waals surface area contributed by atoms with Crippen molar-refractivity contribution in [2.45, 2.75) is 31.6 Å². The summed E-state index contributed by atoms with van der Waals surface area (Å²) in [7, 11) is -0.702. The summed E-state index contributed by atoms with van der Waals surface area (Å²) in [5, 5.41) is 10.5. The van der Waals surface area contributed by atoms with E-state index in [4.69, 9.17) is 9.51 Å². The van der Waals surface area contributed by atoms with E-state index in [1.54, 1.807) is 12.1 Å². The summed E-state index contributed by atoms with van der Waals surface area (Å²) in [5.74, 6) is -1.59. The highest BCUT2D eigenvalue weighted by Crippen LogP contribution is 2.44. The Labute approximate surface area is 200 Å². The quantitative estimate of drug-likeness (QED) is 0.251. The van der Waals surface area contributed by atoms with Gasteiger partial charge >= 0.3 is 14.0 Å². The highest BCUT2D eigenvalue weighted by molar-refractivity contribution is 7.39. The van der Waals surface area contributed by atoms with Crippen molar-refractivity contribution >= 4 is 14.0 Å². The summed E-state index contributed by atoms with van der Waals surface area (Å²) in [6.45, 7) is 7.82. The van der Waals surface area contributed by atoms with Gasteiger partial charge in [0.1, 0.15) is 11.2 Å². The molecule has 0 amide bonds. The van der Waals surface area contributed by atoms with E-state index >= 15 is 0 Å². The lowest BCUT2D eigenvalue weighted by Crippen LogP contribution is -2.36. The van der Waals surface area contributed by atoms with Crippen molar-refractivity contribution in [2.24, 2.45) is 0 Å². The number of rotatable bonds is 10. The number of aromatic nitrogens is 1. The normalized spacial score (nSPS) is 13.4. The average Bonchev–Trinajstić information content (AvgIpc) is 2.85.